The average molecular weight is 473 g/mol. The van der Waals surface area contributed by atoms with E-state index in [0.29, 0.717) is 17.0 Å². The quantitative estimate of drug-likeness (QED) is 0.336. The number of benzene rings is 1. The van der Waals surface area contributed by atoms with Crippen LogP contribution in [0.4, 0.5) is 13.2 Å². The SMILES string of the molecule is O=C1C(C#Cc2cnc3cccnn23)=C(c2ccc(C(F)(F)F)cc2)C(=O)N1Cc1ccccn1. The number of halogens is 3. The van der Waals surface area contributed by atoms with E-state index >= 15 is 0 Å². The van der Waals surface area contributed by atoms with Gasteiger partial charge in [0.2, 0.25) is 0 Å². The summed E-state index contributed by atoms with van der Waals surface area (Å²) in [5.41, 5.74) is 0.475. The number of imide groups is 1. The van der Waals surface area contributed by atoms with Crippen LogP contribution in [0.25, 0.3) is 11.2 Å². The summed E-state index contributed by atoms with van der Waals surface area (Å²) in [7, 11) is 0. The van der Waals surface area contributed by atoms with Crippen molar-refractivity contribution in [2.45, 2.75) is 12.7 Å². The van der Waals surface area contributed by atoms with Crippen LogP contribution < -0.4 is 0 Å². The Balaban J connectivity index is 1.59. The second-order valence-corrected chi connectivity index (χ2v) is 7.53. The van der Waals surface area contributed by atoms with Crippen molar-refractivity contribution < 1.29 is 22.8 Å². The van der Waals surface area contributed by atoms with Crippen LogP contribution in [0, 0.1) is 11.8 Å². The van der Waals surface area contributed by atoms with Gasteiger partial charge in [0, 0.05) is 12.4 Å². The molecular formula is C25H14F3N5O2. The van der Waals surface area contributed by atoms with Crippen LogP contribution in [0.5, 0.6) is 0 Å². The topological polar surface area (TPSA) is 80.5 Å². The van der Waals surface area contributed by atoms with Crippen molar-refractivity contribution in [3.63, 3.8) is 0 Å². The van der Waals surface area contributed by atoms with Crippen LogP contribution in [0.3, 0.4) is 0 Å². The van der Waals surface area contributed by atoms with Crippen molar-refractivity contribution in [3.05, 3.63) is 101 Å². The number of carbonyl (C=O) groups is 2. The molecule has 35 heavy (non-hydrogen) atoms. The minimum absolute atomic E-state index is 0.0751. The van der Waals surface area contributed by atoms with Gasteiger partial charge in [-0.15, -0.1) is 0 Å². The fourth-order valence-electron chi connectivity index (χ4n) is 3.62. The van der Waals surface area contributed by atoms with Crippen molar-refractivity contribution in [2.75, 3.05) is 0 Å². The molecule has 3 aromatic heterocycles. The molecule has 0 saturated carbocycles. The largest absolute Gasteiger partial charge is 0.416 e. The minimum atomic E-state index is -4.54. The number of amides is 2. The molecule has 0 aliphatic carbocycles. The van der Waals surface area contributed by atoms with E-state index in [9.17, 15) is 22.8 Å². The zero-order valence-corrected chi connectivity index (χ0v) is 17.8. The number of imidazole rings is 1. The Morgan fingerprint density at radius 2 is 1.66 bits per heavy atom. The van der Waals surface area contributed by atoms with Gasteiger partial charge in [-0.05, 0) is 47.9 Å². The molecule has 0 unspecified atom stereocenters. The molecule has 1 aliphatic rings. The standard InChI is InChI=1S/C25H14F3N5O2/c26-25(27,28)17-8-6-16(7-9-17)22-20(11-10-19-14-30-21-5-3-13-31-33(19)21)23(34)32(24(22)35)15-18-4-1-2-12-29-18/h1-9,12-14H,15H2. The molecule has 1 aliphatic heterocycles. The lowest BCUT2D eigenvalue weighted by Crippen LogP contribution is -2.31. The van der Waals surface area contributed by atoms with Crippen molar-refractivity contribution in [1.82, 2.24) is 24.5 Å². The van der Waals surface area contributed by atoms with Gasteiger partial charge in [-0.25, -0.2) is 9.50 Å². The Labute approximate surface area is 196 Å². The second kappa shape index (κ2) is 8.53. The average Bonchev–Trinajstić information content (AvgIpc) is 3.37. The summed E-state index contributed by atoms with van der Waals surface area (Å²) in [4.78, 5) is 35.8. The number of pyridine rings is 1. The third kappa shape index (κ3) is 4.15. The molecule has 0 bridgehead atoms. The summed E-state index contributed by atoms with van der Waals surface area (Å²) in [6, 6.07) is 12.5. The molecule has 2 amide bonds. The predicted molar refractivity (Wildman–Crippen MR) is 118 cm³/mol. The minimum Gasteiger partial charge on any atom is -0.269 e. The molecule has 4 heterocycles. The molecule has 0 spiro atoms. The second-order valence-electron chi connectivity index (χ2n) is 7.53. The van der Waals surface area contributed by atoms with Crippen molar-refractivity contribution in [1.29, 1.82) is 0 Å². The number of hydrogen-bond donors (Lipinski definition) is 0. The van der Waals surface area contributed by atoms with Crippen LogP contribution in [-0.2, 0) is 22.3 Å². The Bertz CT molecular complexity index is 1550. The van der Waals surface area contributed by atoms with Crippen molar-refractivity contribution >= 4 is 23.0 Å². The van der Waals surface area contributed by atoms with Gasteiger partial charge in [-0.2, -0.15) is 18.3 Å². The maximum atomic E-state index is 13.3. The lowest BCUT2D eigenvalue weighted by molar-refractivity contribution is -0.138. The normalized spacial score (nSPS) is 14.0. The van der Waals surface area contributed by atoms with Gasteiger partial charge in [0.05, 0.1) is 29.6 Å². The monoisotopic (exact) mass is 473 g/mol. The molecule has 1 aromatic carbocycles. The summed E-state index contributed by atoms with van der Waals surface area (Å²) < 4.78 is 40.6. The Hall–Kier alpha value is -4.78. The predicted octanol–water partition coefficient (Wildman–Crippen LogP) is 3.52. The lowest BCUT2D eigenvalue weighted by Gasteiger charge is -2.14. The molecule has 0 N–H and O–H groups in total. The smallest absolute Gasteiger partial charge is 0.269 e. The highest BCUT2D eigenvalue weighted by molar-refractivity contribution is 6.37. The number of aromatic nitrogens is 4. The molecular weight excluding hydrogens is 459 g/mol. The molecule has 172 valence electrons. The van der Waals surface area contributed by atoms with E-state index in [4.69, 9.17) is 0 Å². The highest BCUT2D eigenvalue weighted by Crippen LogP contribution is 2.33. The Morgan fingerprint density at radius 1 is 0.857 bits per heavy atom. The highest BCUT2D eigenvalue weighted by atomic mass is 19.4. The summed E-state index contributed by atoms with van der Waals surface area (Å²) in [6.45, 7) is -0.106. The van der Waals surface area contributed by atoms with E-state index < -0.39 is 23.6 Å². The highest BCUT2D eigenvalue weighted by Gasteiger charge is 2.39. The maximum Gasteiger partial charge on any atom is 0.416 e. The Morgan fingerprint density at radius 3 is 2.37 bits per heavy atom. The number of fused-ring (bicyclic) bond motifs is 1. The van der Waals surface area contributed by atoms with E-state index in [2.05, 4.69) is 26.9 Å². The summed E-state index contributed by atoms with van der Waals surface area (Å²) in [5, 5.41) is 4.16. The van der Waals surface area contributed by atoms with Crippen LogP contribution in [0.1, 0.15) is 22.5 Å². The molecule has 4 aromatic rings. The molecule has 0 fully saturated rings. The number of alkyl halides is 3. The van der Waals surface area contributed by atoms with Crippen LogP contribution in [-0.4, -0.2) is 36.3 Å². The first-order valence-electron chi connectivity index (χ1n) is 10.3. The van der Waals surface area contributed by atoms with Gasteiger partial charge in [0.1, 0.15) is 11.3 Å². The van der Waals surface area contributed by atoms with Crippen LogP contribution in [0.15, 0.2) is 78.8 Å². The van der Waals surface area contributed by atoms with Gasteiger partial charge in [0.15, 0.2) is 5.65 Å². The van der Waals surface area contributed by atoms with Gasteiger partial charge >= 0.3 is 6.18 Å². The number of hydrogen-bond acceptors (Lipinski definition) is 5. The van der Waals surface area contributed by atoms with E-state index in [-0.39, 0.29) is 23.3 Å². The fourth-order valence-corrected chi connectivity index (χ4v) is 3.62. The van der Waals surface area contributed by atoms with Gasteiger partial charge in [0.25, 0.3) is 11.8 Å². The zero-order chi connectivity index (χ0) is 24.6. The van der Waals surface area contributed by atoms with Crippen molar-refractivity contribution in [2.24, 2.45) is 0 Å². The molecule has 10 heteroatoms. The number of rotatable bonds is 3. The maximum absolute atomic E-state index is 13.3. The van der Waals surface area contributed by atoms with E-state index in [0.717, 1.165) is 29.2 Å². The third-order valence-electron chi connectivity index (χ3n) is 5.31. The van der Waals surface area contributed by atoms with Crippen LogP contribution >= 0.6 is 0 Å². The van der Waals surface area contributed by atoms with E-state index in [1.807, 2.05) is 0 Å². The summed E-state index contributed by atoms with van der Waals surface area (Å²) >= 11 is 0. The van der Waals surface area contributed by atoms with Gasteiger partial charge < -0.3 is 0 Å². The van der Waals surface area contributed by atoms with Gasteiger partial charge in [-0.1, -0.05) is 24.1 Å². The fraction of sp³-hybridized carbons (Fsp3) is 0.0800. The molecule has 0 atom stereocenters. The molecule has 0 saturated heterocycles. The van der Waals surface area contributed by atoms with Gasteiger partial charge in [-0.3, -0.25) is 19.5 Å². The van der Waals surface area contributed by atoms with E-state index in [1.54, 1.807) is 36.5 Å². The molecule has 7 nitrogen and oxygen atoms in total. The summed E-state index contributed by atoms with van der Waals surface area (Å²) in [5.74, 6) is 4.23. The third-order valence-corrected chi connectivity index (χ3v) is 5.31. The van der Waals surface area contributed by atoms with Crippen LogP contribution in [0.2, 0.25) is 0 Å². The molecule has 5 rings (SSSR count). The zero-order valence-electron chi connectivity index (χ0n) is 17.8. The Kier molecular flexibility index (Phi) is 5.37. The van der Waals surface area contributed by atoms with Crippen molar-refractivity contribution in [3.8, 4) is 11.8 Å². The first-order chi connectivity index (χ1) is 16.8. The number of nitrogens with zero attached hydrogens (tertiary/aromatic N) is 5. The summed E-state index contributed by atoms with van der Waals surface area (Å²) in [6.07, 6.45) is 0.0152. The lowest BCUT2D eigenvalue weighted by atomic mass is 10.00. The number of carbonyl (C=O) groups excluding carboxylic acids is 2. The van der Waals surface area contributed by atoms with E-state index in [1.165, 1.54) is 16.9 Å². The first-order valence-corrected chi connectivity index (χ1v) is 10.3. The molecule has 0 radical (unpaired) electrons. The first kappa shape index (κ1) is 22.0.